The highest BCUT2D eigenvalue weighted by atomic mass is 19.1. The summed E-state index contributed by atoms with van der Waals surface area (Å²) in [5, 5.41) is 3.30. The van der Waals surface area contributed by atoms with E-state index in [4.69, 9.17) is 0 Å². The molecule has 0 radical (unpaired) electrons. The second kappa shape index (κ2) is 4.91. The SMILES string of the molecule is Cc1ncccc1NC(C)c1ccc(F)cn1. The van der Waals surface area contributed by atoms with E-state index in [9.17, 15) is 4.39 Å². The lowest BCUT2D eigenvalue weighted by Crippen LogP contribution is -2.09. The Morgan fingerprint density at radius 3 is 2.71 bits per heavy atom. The Hall–Kier alpha value is -1.97. The molecular weight excluding hydrogens is 217 g/mol. The Kier molecular flexibility index (Phi) is 3.32. The van der Waals surface area contributed by atoms with Crippen LogP contribution in [0.2, 0.25) is 0 Å². The molecule has 2 rings (SSSR count). The number of hydrogen-bond acceptors (Lipinski definition) is 3. The Bertz CT molecular complexity index is 496. The number of nitrogens with zero attached hydrogens (tertiary/aromatic N) is 2. The Balaban J connectivity index is 2.14. The molecule has 0 aromatic carbocycles. The quantitative estimate of drug-likeness (QED) is 0.882. The summed E-state index contributed by atoms with van der Waals surface area (Å²) < 4.78 is 12.7. The van der Waals surface area contributed by atoms with Gasteiger partial charge in [-0.3, -0.25) is 9.97 Å². The van der Waals surface area contributed by atoms with E-state index in [0.29, 0.717) is 0 Å². The normalized spacial score (nSPS) is 12.2. The van der Waals surface area contributed by atoms with Crippen LogP contribution < -0.4 is 5.32 Å². The fraction of sp³-hybridized carbons (Fsp3) is 0.231. The van der Waals surface area contributed by atoms with Gasteiger partial charge in [-0.05, 0) is 38.1 Å². The van der Waals surface area contributed by atoms with Gasteiger partial charge in [0.15, 0.2) is 0 Å². The molecule has 1 atom stereocenters. The van der Waals surface area contributed by atoms with Crippen LogP contribution >= 0.6 is 0 Å². The van der Waals surface area contributed by atoms with Gasteiger partial charge in [0, 0.05) is 6.20 Å². The molecule has 1 unspecified atom stereocenters. The largest absolute Gasteiger partial charge is 0.375 e. The highest BCUT2D eigenvalue weighted by molar-refractivity contribution is 5.48. The van der Waals surface area contributed by atoms with Crippen LogP contribution in [0.4, 0.5) is 10.1 Å². The zero-order valence-corrected chi connectivity index (χ0v) is 9.81. The van der Waals surface area contributed by atoms with Crippen molar-refractivity contribution in [1.82, 2.24) is 9.97 Å². The maximum absolute atomic E-state index is 12.7. The number of halogens is 1. The first-order chi connectivity index (χ1) is 8.16. The van der Waals surface area contributed by atoms with Crippen LogP contribution in [0.5, 0.6) is 0 Å². The molecule has 3 nitrogen and oxygen atoms in total. The molecule has 0 saturated carbocycles. The molecule has 2 heterocycles. The molecule has 0 aliphatic carbocycles. The Morgan fingerprint density at radius 2 is 2.06 bits per heavy atom. The topological polar surface area (TPSA) is 37.8 Å². The molecule has 0 fully saturated rings. The first-order valence-corrected chi connectivity index (χ1v) is 5.46. The second-order valence-electron chi connectivity index (χ2n) is 3.90. The van der Waals surface area contributed by atoms with Crippen molar-refractivity contribution in [2.75, 3.05) is 5.32 Å². The molecule has 4 heteroatoms. The van der Waals surface area contributed by atoms with E-state index >= 15 is 0 Å². The molecule has 0 bridgehead atoms. The molecule has 17 heavy (non-hydrogen) atoms. The summed E-state index contributed by atoms with van der Waals surface area (Å²) in [7, 11) is 0. The number of rotatable bonds is 3. The van der Waals surface area contributed by atoms with Crippen molar-refractivity contribution in [3.05, 3.63) is 53.9 Å². The molecule has 2 aromatic heterocycles. The highest BCUT2D eigenvalue weighted by Gasteiger charge is 2.08. The third kappa shape index (κ3) is 2.78. The van der Waals surface area contributed by atoms with E-state index in [0.717, 1.165) is 17.1 Å². The summed E-state index contributed by atoms with van der Waals surface area (Å²) in [6.45, 7) is 3.92. The first-order valence-electron chi connectivity index (χ1n) is 5.46. The summed E-state index contributed by atoms with van der Waals surface area (Å²) in [5.41, 5.74) is 2.70. The first kappa shape index (κ1) is 11.5. The molecule has 1 N–H and O–H groups in total. The maximum Gasteiger partial charge on any atom is 0.141 e. The van der Waals surface area contributed by atoms with E-state index in [1.807, 2.05) is 26.0 Å². The fourth-order valence-electron chi connectivity index (χ4n) is 1.59. The number of aromatic nitrogens is 2. The Labute approximate surface area is 99.7 Å². The number of anilines is 1. The van der Waals surface area contributed by atoms with Gasteiger partial charge in [0.25, 0.3) is 0 Å². The summed E-state index contributed by atoms with van der Waals surface area (Å²) in [6.07, 6.45) is 2.98. The predicted octanol–water partition coefficient (Wildman–Crippen LogP) is 3.10. The number of pyridine rings is 2. The molecule has 0 spiro atoms. The molecule has 0 amide bonds. The second-order valence-corrected chi connectivity index (χ2v) is 3.90. The predicted molar refractivity (Wildman–Crippen MR) is 65.2 cm³/mol. The lowest BCUT2D eigenvalue weighted by atomic mass is 10.2. The maximum atomic E-state index is 12.7. The average Bonchev–Trinajstić information content (AvgIpc) is 2.33. The van der Waals surface area contributed by atoms with Crippen LogP contribution in [0.1, 0.15) is 24.4 Å². The summed E-state index contributed by atoms with van der Waals surface area (Å²) >= 11 is 0. The van der Waals surface area contributed by atoms with Crippen LogP contribution in [0, 0.1) is 12.7 Å². The zero-order valence-electron chi connectivity index (χ0n) is 9.81. The van der Waals surface area contributed by atoms with Gasteiger partial charge in [-0.15, -0.1) is 0 Å². The molecule has 0 saturated heterocycles. The van der Waals surface area contributed by atoms with Gasteiger partial charge < -0.3 is 5.32 Å². The molecule has 0 aliphatic heterocycles. The summed E-state index contributed by atoms with van der Waals surface area (Å²) in [4.78, 5) is 8.24. The van der Waals surface area contributed by atoms with Gasteiger partial charge in [-0.2, -0.15) is 0 Å². The van der Waals surface area contributed by atoms with Crippen LogP contribution in [-0.2, 0) is 0 Å². The minimum Gasteiger partial charge on any atom is -0.375 e. The monoisotopic (exact) mass is 231 g/mol. The van der Waals surface area contributed by atoms with Gasteiger partial charge in [0.2, 0.25) is 0 Å². The summed E-state index contributed by atoms with van der Waals surface area (Å²) in [6, 6.07) is 6.94. The van der Waals surface area contributed by atoms with E-state index in [1.165, 1.54) is 12.3 Å². The van der Waals surface area contributed by atoms with Crippen molar-refractivity contribution in [3.8, 4) is 0 Å². The van der Waals surface area contributed by atoms with E-state index in [2.05, 4.69) is 15.3 Å². The minimum absolute atomic E-state index is 0.0125. The average molecular weight is 231 g/mol. The van der Waals surface area contributed by atoms with E-state index in [1.54, 1.807) is 12.3 Å². The number of aryl methyl sites for hydroxylation is 1. The van der Waals surface area contributed by atoms with Gasteiger partial charge in [-0.1, -0.05) is 0 Å². The molecule has 0 aliphatic rings. The van der Waals surface area contributed by atoms with Crippen LogP contribution in [0.15, 0.2) is 36.7 Å². The van der Waals surface area contributed by atoms with Gasteiger partial charge >= 0.3 is 0 Å². The molecular formula is C13H14FN3. The Morgan fingerprint density at radius 1 is 1.24 bits per heavy atom. The van der Waals surface area contributed by atoms with Crippen molar-refractivity contribution in [2.24, 2.45) is 0 Å². The van der Waals surface area contributed by atoms with Crippen LogP contribution in [0.3, 0.4) is 0 Å². The van der Waals surface area contributed by atoms with Gasteiger partial charge in [0.1, 0.15) is 5.82 Å². The zero-order chi connectivity index (χ0) is 12.3. The van der Waals surface area contributed by atoms with Crippen molar-refractivity contribution < 1.29 is 4.39 Å². The van der Waals surface area contributed by atoms with Gasteiger partial charge in [-0.25, -0.2) is 4.39 Å². The fourth-order valence-corrected chi connectivity index (χ4v) is 1.59. The highest BCUT2D eigenvalue weighted by Crippen LogP contribution is 2.19. The minimum atomic E-state index is -0.321. The van der Waals surface area contributed by atoms with E-state index < -0.39 is 0 Å². The van der Waals surface area contributed by atoms with Crippen molar-refractivity contribution in [2.45, 2.75) is 19.9 Å². The number of hydrogen-bond donors (Lipinski definition) is 1. The molecule has 2 aromatic rings. The van der Waals surface area contributed by atoms with Crippen molar-refractivity contribution >= 4 is 5.69 Å². The lowest BCUT2D eigenvalue weighted by Gasteiger charge is -2.15. The van der Waals surface area contributed by atoms with Gasteiger partial charge in [0.05, 0.1) is 29.3 Å². The standard InChI is InChI=1S/C13H14FN3/c1-9-13(4-3-7-15-9)17-10(2)12-6-5-11(14)8-16-12/h3-8,10,17H,1-2H3. The van der Waals surface area contributed by atoms with Crippen LogP contribution in [-0.4, -0.2) is 9.97 Å². The van der Waals surface area contributed by atoms with Crippen molar-refractivity contribution in [3.63, 3.8) is 0 Å². The lowest BCUT2D eigenvalue weighted by molar-refractivity contribution is 0.617. The molecule has 88 valence electrons. The van der Waals surface area contributed by atoms with Crippen molar-refractivity contribution in [1.29, 1.82) is 0 Å². The number of nitrogens with one attached hydrogen (secondary N) is 1. The van der Waals surface area contributed by atoms with Crippen LogP contribution in [0.25, 0.3) is 0 Å². The van der Waals surface area contributed by atoms with E-state index in [-0.39, 0.29) is 11.9 Å². The third-order valence-electron chi connectivity index (χ3n) is 2.57. The third-order valence-corrected chi connectivity index (χ3v) is 2.57. The summed E-state index contributed by atoms with van der Waals surface area (Å²) in [5.74, 6) is -0.321. The smallest absolute Gasteiger partial charge is 0.141 e.